The van der Waals surface area contributed by atoms with E-state index in [-0.39, 0.29) is 12.6 Å². The zero-order valence-corrected chi connectivity index (χ0v) is 14.2. The first-order valence-corrected chi connectivity index (χ1v) is 8.09. The van der Waals surface area contributed by atoms with Gasteiger partial charge in [-0.3, -0.25) is 0 Å². The number of nitrogens with zero attached hydrogens (tertiary/aromatic N) is 1. The molecule has 5 heteroatoms. The van der Waals surface area contributed by atoms with Crippen LogP contribution >= 0.6 is 0 Å². The van der Waals surface area contributed by atoms with E-state index < -0.39 is 12.0 Å². The van der Waals surface area contributed by atoms with Crippen LogP contribution < -0.4 is 5.32 Å². The number of carbonyl (C=O) groups is 2. The largest absolute Gasteiger partial charge is 0.457 e. The van der Waals surface area contributed by atoms with Crippen LogP contribution in [0.25, 0.3) is 0 Å². The van der Waals surface area contributed by atoms with Gasteiger partial charge in [0.2, 0.25) is 0 Å². The van der Waals surface area contributed by atoms with E-state index in [1.807, 2.05) is 60.7 Å². The van der Waals surface area contributed by atoms with Gasteiger partial charge in [0.25, 0.3) is 0 Å². The number of urea groups is 1. The van der Waals surface area contributed by atoms with Crippen molar-refractivity contribution in [3.8, 4) is 0 Å². The first-order valence-electron chi connectivity index (χ1n) is 8.09. The lowest BCUT2D eigenvalue weighted by Crippen LogP contribution is -2.46. The summed E-state index contributed by atoms with van der Waals surface area (Å²) in [6, 6.07) is 18.2. The fraction of sp³-hybridized carbons (Fsp3) is 0.200. The molecule has 128 valence electrons. The Morgan fingerprint density at radius 1 is 1.08 bits per heavy atom. The quantitative estimate of drug-likeness (QED) is 0.871. The molecule has 0 aliphatic carbocycles. The maximum atomic E-state index is 12.8. The normalized spacial score (nSPS) is 17.3. The molecule has 2 aromatic rings. The zero-order chi connectivity index (χ0) is 17.8. The van der Waals surface area contributed by atoms with E-state index in [0.29, 0.717) is 11.3 Å². The Kier molecular flexibility index (Phi) is 4.84. The second-order valence-electron chi connectivity index (χ2n) is 5.91. The number of hydrogen-bond donors (Lipinski definition) is 1. The highest BCUT2D eigenvalue weighted by atomic mass is 16.5. The van der Waals surface area contributed by atoms with Gasteiger partial charge < -0.3 is 15.0 Å². The molecule has 25 heavy (non-hydrogen) atoms. The van der Waals surface area contributed by atoms with E-state index in [0.717, 1.165) is 11.1 Å². The minimum Gasteiger partial charge on any atom is -0.457 e. The summed E-state index contributed by atoms with van der Waals surface area (Å²) in [6.45, 7) is 1.95. The highest BCUT2D eigenvalue weighted by molar-refractivity contribution is 5.94. The maximum absolute atomic E-state index is 12.8. The lowest BCUT2D eigenvalue weighted by molar-refractivity contribution is -0.141. The van der Waals surface area contributed by atoms with Gasteiger partial charge in [0, 0.05) is 12.7 Å². The number of allylic oxidation sites excluding steroid dienone is 1. The lowest BCUT2D eigenvalue weighted by Gasteiger charge is -2.33. The van der Waals surface area contributed by atoms with Gasteiger partial charge in [0.05, 0.1) is 11.6 Å². The molecule has 0 fully saturated rings. The second kappa shape index (κ2) is 7.21. The predicted octanol–water partition coefficient (Wildman–Crippen LogP) is 3.40. The maximum Gasteiger partial charge on any atom is 0.338 e. The molecule has 0 aromatic heterocycles. The van der Waals surface area contributed by atoms with Gasteiger partial charge in [-0.25, -0.2) is 9.59 Å². The van der Waals surface area contributed by atoms with Gasteiger partial charge in [-0.15, -0.1) is 0 Å². The number of amides is 2. The number of rotatable bonds is 4. The van der Waals surface area contributed by atoms with E-state index in [4.69, 9.17) is 4.74 Å². The summed E-state index contributed by atoms with van der Waals surface area (Å²) in [4.78, 5) is 26.4. The smallest absolute Gasteiger partial charge is 0.338 e. The first-order chi connectivity index (χ1) is 12.1. The van der Waals surface area contributed by atoms with Gasteiger partial charge in [-0.05, 0) is 18.1 Å². The third kappa shape index (κ3) is 3.55. The SMILES string of the molecule is CC1=C(C(=O)OCc2ccccc2)C(c2ccccc2)NC(=O)N1C. The van der Waals surface area contributed by atoms with Crippen molar-refractivity contribution in [2.75, 3.05) is 7.05 Å². The van der Waals surface area contributed by atoms with Crippen LogP contribution in [-0.4, -0.2) is 23.9 Å². The summed E-state index contributed by atoms with van der Waals surface area (Å²) in [6.07, 6.45) is 0. The molecule has 2 amide bonds. The Balaban J connectivity index is 1.88. The van der Waals surface area contributed by atoms with E-state index >= 15 is 0 Å². The third-order valence-electron chi connectivity index (χ3n) is 4.32. The van der Waals surface area contributed by atoms with Crippen molar-refractivity contribution in [3.05, 3.63) is 83.1 Å². The van der Waals surface area contributed by atoms with Crippen LogP contribution in [0.5, 0.6) is 0 Å². The van der Waals surface area contributed by atoms with Gasteiger partial charge in [0.15, 0.2) is 0 Å². The summed E-state index contributed by atoms with van der Waals surface area (Å²) in [5, 5.41) is 2.87. The van der Waals surface area contributed by atoms with Gasteiger partial charge in [-0.1, -0.05) is 60.7 Å². The highest BCUT2D eigenvalue weighted by Crippen LogP contribution is 2.30. The number of esters is 1. The molecule has 1 heterocycles. The Morgan fingerprint density at radius 3 is 2.32 bits per heavy atom. The number of benzene rings is 2. The molecule has 1 unspecified atom stereocenters. The number of nitrogens with one attached hydrogen (secondary N) is 1. The van der Waals surface area contributed by atoms with Crippen molar-refractivity contribution in [2.24, 2.45) is 0 Å². The number of hydrogen-bond acceptors (Lipinski definition) is 3. The van der Waals surface area contributed by atoms with Crippen LogP contribution in [0.4, 0.5) is 4.79 Å². The average molecular weight is 336 g/mol. The Labute approximate surface area is 146 Å². The fourth-order valence-electron chi connectivity index (χ4n) is 2.80. The highest BCUT2D eigenvalue weighted by Gasteiger charge is 2.34. The van der Waals surface area contributed by atoms with Gasteiger partial charge in [-0.2, -0.15) is 0 Å². The lowest BCUT2D eigenvalue weighted by atomic mass is 9.95. The van der Waals surface area contributed by atoms with E-state index in [9.17, 15) is 9.59 Å². The molecule has 2 aromatic carbocycles. The second-order valence-corrected chi connectivity index (χ2v) is 5.91. The van der Waals surface area contributed by atoms with Gasteiger partial charge >= 0.3 is 12.0 Å². The number of ether oxygens (including phenoxy) is 1. The van der Waals surface area contributed by atoms with Crippen molar-refractivity contribution < 1.29 is 14.3 Å². The molecule has 1 atom stereocenters. The van der Waals surface area contributed by atoms with Gasteiger partial charge in [0.1, 0.15) is 6.61 Å². The van der Waals surface area contributed by atoms with Crippen molar-refractivity contribution >= 4 is 12.0 Å². The van der Waals surface area contributed by atoms with Crippen LogP contribution in [0, 0.1) is 0 Å². The molecule has 0 spiro atoms. The zero-order valence-electron chi connectivity index (χ0n) is 14.2. The first kappa shape index (κ1) is 16.8. The molecule has 5 nitrogen and oxygen atoms in total. The van der Waals surface area contributed by atoms with Crippen LogP contribution in [0.1, 0.15) is 24.1 Å². The van der Waals surface area contributed by atoms with Crippen LogP contribution in [0.3, 0.4) is 0 Å². The molecule has 1 aliphatic rings. The summed E-state index contributed by atoms with van der Waals surface area (Å²) in [5.74, 6) is -0.429. The molecule has 1 aliphatic heterocycles. The Hall–Kier alpha value is -3.08. The summed E-state index contributed by atoms with van der Waals surface area (Å²) < 4.78 is 5.50. The monoisotopic (exact) mass is 336 g/mol. The summed E-state index contributed by atoms with van der Waals surface area (Å²) in [7, 11) is 1.64. The molecule has 1 N–H and O–H groups in total. The molecular formula is C20H20N2O3. The molecule has 0 saturated carbocycles. The predicted molar refractivity (Wildman–Crippen MR) is 94.4 cm³/mol. The van der Waals surface area contributed by atoms with Crippen molar-refractivity contribution in [1.82, 2.24) is 10.2 Å². The van der Waals surface area contributed by atoms with E-state index in [1.54, 1.807) is 14.0 Å². The van der Waals surface area contributed by atoms with Crippen molar-refractivity contribution in [3.63, 3.8) is 0 Å². The van der Waals surface area contributed by atoms with Crippen LogP contribution in [-0.2, 0) is 16.1 Å². The summed E-state index contributed by atoms with van der Waals surface area (Å²) in [5.41, 5.74) is 2.80. The van der Waals surface area contributed by atoms with Crippen molar-refractivity contribution in [2.45, 2.75) is 19.6 Å². The average Bonchev–Trinajstić information content (AvgIpc) is 2.65. The van der Waals surface area contributed by atoms with Crippen LogP contribution in [0.2, 0.25) is 0 Å². The minimum absolute atomic E-state index is 0.190. The fourth-order valence-corrected chi connectivity index (χ4v) is 2.80. The third-order valence-corrected chi connectivity index (χ3v) is 4.32. The molecule has 0 bridgehead atoms. The summed E-state index contributed by atoms with van der Waals surface area (Å²) >= 11 is 0. The Morgan fingerprint density at radius 2 is 1.68 bits per heavy atom. The molecule has 3 rings (SSSR count). The Bertz CT molecular complexity index is 800. The standard InChI is InChI=1S/C20H20N2O3/c1-14-17(19(23)25-13-15-9-5-3-6-10-15)18(21-20(24)22(14)2)16-11-7-4-8-12-16/h3-12,18H,13H2,1-2H3,(H,21,24). The molecular weight excluding hydrogens is 316 g/mol. The van der Waals surface area contributed by atoms with E-state index in [2.05, 4.69) is 5.32 Å². The molecule has 0 saturated heterocycles. The number of carbonyl (C=O) groups excluding carboxylic acids is 2. The molecule has 0 radical (unpaired) electrons. The topological polar surface area (TPSA) is 58.6 Å². The van der Waals surface area contributed by atoms with E-state index in [1.165, 1.54) is 4.90 Å². The van der Waals surface area contributed by atoms with Crippen LogP contribution in [0.15, 0.2) is 71.9 Å². The van der Waals surface area contributed by atoms with Crippen molar-refractivity contribution in [1.29, 1.82) is 0 Å². The minimum atomic E-state index is -0.520.